The number of hydrogen-bond acceptors (Lipinski definition) is 5. The van der Waals surface area contributed by atoms with Crippen LogP contribution in [0.3, 0.4) is 0 Å². The molecule has 1 aromatic heterocycles. The smallest absolute Gasteiger partial charge is 0.410 e. The largest absolute Gasteiger partial charge is 0.444 e. The molecule has 2 rings (SSSR count). The molecule has 0 unspecified atom stereocenters. The Labute approximate surface area is 122 Å². The molecule has 7 heteroatoms. The van der Waals surface area contributed by atoms with Crippen LogP contribution in [0.1, 0.15) is 48.9 Å². The molecule has 21 heavy (non-hydrogen) atoms. The van der Waals surface area contributed by atoms with Gasteiger partial charge in [-0.3, -0.25) is 9.89 Å². The summed E-state index contributed by atoms with van der Waals surface area (Å²) in [5, 5.41) is 6.76. The Morgan fingerprint density at radius 3 is 2.76 bits per heavy atom. The van der Waals surface area contributed by atoms with Crippen molar-refractivity contribution in [1.82, 2.24) is 15.1 Å². The number of ketones is 1. The zero-order valence-corrected chi connectivity index (χ0v) is 12.4. The number of aldehydes is 1. The highest BCUT2D eigenvalue weighted by Gasteiger charge is 2.30. The number of H-pyrrole nitrogens is 1. The van der Waals surface area contributed by atoms with Crippen LogP contribution in [0, 0.1) is 0 Å². The Bertz CT molecular complexity index is 571. The van der Waals surface area contributed by atoms with E-state index in [0.29, 0.717) is 30.5 Å². The summed E-state index contributed by atoms with van der Waals surface area (Å²) in [7, 11) is 0. The second kappa shape index (κ2) is 5.67. The van der Waals surface area contributed by atoms with Gasteiger partial charge in [-0.15, -0.1) is 0 Å². The van der Waals surface area contributed by atoms with Crippen molar-refractivity contribution in [1.29, 1.82) is 0 Å². The summed E-state index contributed by atoms with van der Waals surface area (Å²) in [5.41, 5.74) is 1.19. The molecular weight excluding hydrogens is 274 g/mol. The van der Waals surface area contributed by atoms with Crippen molar-refractivity contribution < 1.29 is 19.1 Å². The number of aromatic amines is 1. The summed E-state index contributed by atoms with van der Waals surface area (Å²) in [6.07, 6.45) is 0.507. The molecule has 1 aliphatic rings. The minimum absolute atomic E-state index is 0.193. The van der Waals surface area contributed by atoms with Crippen molar-refractivity contribution in [3.05, 3.63) is 17.0 Å². The first-order valence-electron chi connectivity index (χ1n) is 6.82. The summed E-state index contributed by atoms with van der Waals surface area (Å²) in [5.74, 6) is -0.315. The average molecular weight is 293 g/mol. The standard InChI is InChI=1S/C14H19N3O4/c1-14(2,3)21-13(20)17-6-4-10-9(8-17)12(16-15-10)11(19)5-7-18/h7H,4-6,8H2,1-3H3,(H,15,16). The normalized spacial score (nSPS) is 14.5. The Hall–Kier alpha value is -2.18. The Kier molecular flexibility index (Phi) is 4.11. The van der Waals surface area contributed by atoms with Crippen LogP contribution in [0.2, 0.25) is 0 Å². The van der Waals surface area contributed by atoms with E-state index in [0.717, 1.165) is 5.69 Å². The maximum atomic E-state index is 12.1. The van der Waals surface area contributed by atoms with E-state index in [-0.39, 0.29) is 18.7 Å². The van der Waals surface area contributed by atoms with Gasteiger partial charge in [-0.05, 0) is 20.8 Å². The minimum atomic E-state index is -0.566. The number of hydrogen-bond donors (Lipinski definition) is 1. The number of amides is 1. The lowest BCUT2D eigenvalue weighted by Crippen LogP contribution is -2.40. The van der Waals surface area contributed by atoms with Gasteiger partial charge in [0.15, 0.2) is 5.78 Å². The van der Waals surface area contributed by atoms with Crippen molar-refractivity contribution in [2.75, 3.05) is 6.54 Å². The quantitative estimate of drug-likeness (QED) is 0.517. The maximum Gasteiger partial charge on any atom is 0.410 e. The first kappa shape index (κ1) is 15.2. The molecule has 0 bridgehead atoms. The highest BCUT2D eigenvalue weighted by molar-refractivity contribution is 6.02. The van der Waals surface area contributed by atoms with E-state index < -0.39 is 11.7 Å². The molecule has 114 valence electrons. The molecule has 0 aromatic carbocycles. The van der Waals surface area contributed by atoms with Crippen molar-refractivity contribution in [2.24, 2.45) is 0 Å². The fraction of sp³-hybridized carbons (Fsp3) is 0.571. The van der Waals surface area contributed by atoms with Gasteiger partial charge in [-0.2, -0.15) is 5.10 Å². The molecule has 1 aromatic rings. The van der Waals surface area contributed by atoms with E-state index in [4.69, 9.17) is 4.74 Å². The van der Waals surface area contributed by atoms with Crippen LogP contribution in [0.15, 0.2) is 0 Å². The summed E-state index contributed by atoms with van der Waals surface area (Å²) < 4.78 is 5.33. The zero-order valence-electron chi connectivity index (χ0n) is 12.4. The Balaban J connectivity index is 2.15. The van der Waals surface area contributed by atoms with Crippen molar-refractivity contribution in [3.63, 3.8) is 0 Å². The first-order valence-corrected chi connectivity index (χ1v) is 6.82. The van der Waals surface area contributed by atoms with Crippen LogP contribution in [0.5, 0.6) is 0 Å². The topological polar surface area (TPSA) is 92.4 Å². The van der Waals surface area contributed by atoms with Gasteiger partial charge in [-0.25, -0.2) is 4.79 Å². The van der Waals surface area contributed by atoms with Crippen LogP contribution in [-0.4, -0.2) is 45.4 Å². The summed E-state index contributed by atoms with van der Waals surface area (Å²) >= 11 is 0. The Morgan fingerprint density at radius 1 is 1.43 bits per heavy atom. The first-order chi connectivity index (χ1) is 9.81. The number of fused-ring (bicyclic) bond motifs is 1. The van der Waals surface area contributed by atoms with E-state index >= 15 is 0 Å². The van der Waals surface area contributed by atoms with E-state index in [1.54, 1.807) is 25.7 Å². The van der Waals surface area contributed by atoms with Gasteiger partial charge in [0.2, 0.25) is 0 Å². The van der Waals surface area contributed by atoms with Gasteiger partial charge in [0, 0.05) is 18.5 Å². The molecule has 0 saturated heterocycles. The van der Waals surface area contributed by atoms with Gasteiger partial charge in [0.25, 0.3) is 0 Å². The third-order valence-corrected chi connectivity index (χ3v) is 3.12. The molecule has 0 aliphatic carbocycles. The third kappa shape index (κ3) is 3.48. The van der Waals surface area contributed by atoms with Crippen LogP contribution in [0.4, 0.5) is 4.79 Å². The number of ether oxygens (including phenoxy) is 1. The molecule has 1 N–H and O–H groups in total. The highest BCUT2D eigenvalue weighted by atomic mass is 16.6. The molecular formula is C14H19N3O4. The van der Waals surface area contributed by atoms with Crippen molar-refractivity contribution in [3.8, 4) is 0 Å². The average Bonchev–Trinajstić information content (AvgIpc) is 2.79. The maximum absolute atomic E-state index is 12.1. The predicted molar refractivity (Wildman–Crippen MR) is 73.9 cm³/mol. The second-order valence-electron chi connectivity index (χ2n) is 5.97. The number of carbonyl (C=O) groups excluding carboxylic acids is 3. The van der Waals surface area contributed by atoms with E-state index in [1.807, 2.05) is 0 Å². The molecule has 2 heterocycles. The molecule has 0 radical (unpaired) electrons. The second-order valence-corrected chi connectivity index (χ2v) is 5.97. The lowest BCUT2D eigenvalue weighted by molar-refractivity contribution is -0.107. The van der Waals surface area contributed by atoms with Gasteiger partial charge < -0.3 is 14.4 Å². The predicted octanol–water partition coefficient (Wildman–Crippen LogP) is 1.47. The molecule has 1 amide bonds. The monoisotopic (exact) mass is 293 g/mol. The van der Waals surface area contributed by atoms with Crippen LogP contribution in [-0.2, 0) is 22.5 Å². The van der Waals surface area contributed by atoms with Crippen LogP contribution < -0.4 is 0 Å². The molecule has 7 nitrogen and oxygen atoms in total. The zero-order chi connectivity index (χ0) is 15.6. The number of aromatic nitrogens is 2. The lowest BCUT2D eigenvalue weighted by atomic mass is 10.0. The molecule has 1 aliphatic heterocycles. The third-order valence-electron chi connectivity index (χ3n) is 3.12. The molecule has 0 fully saturated rings. The van der Waals surface area contributed by atoms with Crippen LogP contribution in [0.25, 0.3) is 0 Å². The summed E-state index contributed by atoms with van der Waals surface area (Å²) in [4.78, 5) is 35.9. The number of carbonyl (C=O) groups is 3. The minimum Gasteiger partial charge on any atom is -0.444 e. The fourth-order valence-corrected chi connectivity index (χ4v) is 2.18. The highest BCUT2D eigenvalue weighted by Crippen LogP contribution is 2.22. The lowest BCUT2D eigenvalue weighted by Gasteiger charge is -2.29. The van der Waals surface area contributed by atoms with Crippen LogP contribution >= 0.6 is 0 Å². The molecule has 0 spiro atoms. The van der Waals surface area contributed by atoms with Crippen molar-refractivity contribution in [2.45, 2.75) is 45.8 Å². The fourth-order valence-electron chi connectivity index (χ4n) is 2.18. The number of Topliss-reactive ketones (excluding diaryl/α,β-unsaturated/α-hetero) is 1. The number of rotatable bonds is 3. The molecule has 0 saturated carbocycles. The summed E-state index contributed by atoms with van der Waals surface area (Å²) in [6, 6.07) is 0. The number of nitrogens with zero attached hydrogens (tertiary/aromatic N) is 2. The van der Waals surface area contributed by atoms with E-state index in [1.165, 1.54) is 0 Å². The van der Waals surface area contributed by atoms with Gasteiger partial charge >= 0.3 is 6.09 Å². The summed E-state index contributed by atoms with van der Waals surface area (Å²) in [6.45, 7) is 6.17. The van der Waals surface area contributed by atoms with E-state index in [9.17, 15) is 14.4 Å². The van der Waals surface area contributed by atoms with Gasteiger partial charge in [0.05, 0.1) is 18.7 Å². The molecule has 0 atom stereocenters. The number of nitrogens with one attached hydrogen (secondary N) is 1. The van der Waals surface area contributed by atoms with Gasteiger partial charge in [0.1, 0.15) is 17.6 Å². The van der Waals surface area contributed by atoms with Gasteiger partial charge in [-0.1, -0.05) is 0 Å². The SMILES string of the molecule is CC(C)(C)OC(=O)N1CCc2n[nH]c(C(=O)CC=O)c2C1. The van der Waals surface area contributed by atoms with Crippen molar-refractivity contribution >= 4 is 18.2 Å². The van der Waals surface area contributed by atoms with E-state index in [2.05, 4.69) is 10.2 Å². The Morgan fingerprint density at radius 2 is 2.14 bits per heavy atom.